The molecule has 7 heteroatoms. The van der Waals surface area contributed by atoms with E-state index < -0.39 is 5.97 Å². The van der Waals surface area contributed by atoms with Gasteiger partial charge in [0.05, 0.1) is 17.2 Å². The van der Waals surface area contributed by atoms with E-state index in [-0.39, 0.29) is 19.1 Å². The van der Waals surface area contributed by atoms with Crippen molar-refractivity contribution in [3.05, 3.63) is 31.3 Å². The molecular weight excluding hydrogens is 404 g/mol. The highest BCUT2D eigenvalue weighted by atomic mass is 127. The second-order valence-corrected chi connectivity index (χ2v) is 5.64. The van der Waals surface area contributed by atoms with Crippen LogP contribution < -0.4 is 0 Å². The van der Waals surface area contributed by atoms with Crippen LogP contribution in [0.5, 0.6) is 0 Å². The summed E-state index contributed by atoms with van der Waals surface area (Å²) in [6, 6.07) is 3.09. The molecule has 0 fully saturated rings. The number of halogens is 3. The zero-order valence-corrected chi connectivity index (χ0v) is 14.0. The predicted octanol–water partition coefficient (Wildman–Crippen LogP) is 3.23. The number of carbonyl (C=O) groups excluding carboxylic acids is 2. The first-order chi connectivity index (χ1) is 8.86. The minimum Gasteiger partial charge on any atom is -0.465 e. The van der Waals surface area contributed by atoms with E-state index in [0.29, 0.717) is 19.2 Å². The van der Waals surface area contributed by atoms with E-state index >= 15 is 0 Å². The fourth-order valence-electron chi connectivity index (χ4n) is 1.39. The third kappa shape index (κ3) is 4.50. The summed E-state index contributed by atoms with van der Waals surface area (Å²) in [6.45, 7) is 1.87. The van der Waals surface area contributed by atoms with Crippen molar-refractivity contribution in [2.24, 2.45) is 0 Å². The Morgan fingerprint density at radius 2 is 2.00 bits per heavy atom. The van der Waals surface area contributed by atoms with Gasteiger partial charge in [0.1, 0.15) is 6.54 Å². The van der Waals surface area contributed by atoms with Crippen molar-refractivity contribution < 1.29 is 14.3 Å². The predicted molar refractivity (Wildman–Crippen MR) is 82.8 cm³/mol. The topological polar surface area (TPSA) is 46.6 Å². The molecule has 0 aromatic heterocycles. The summed E-state index contributed by atoms with van der Waals surface area (Å²) in [6.07, 6.45) is 0. The van der Waals surface area contributed by atoms with Crippen LogP contribution in [0.2, 0.25) is 10.0 Å². The Balaban J connectivity index is 2.91. The summed E-state index contributed by atoms with van der Waals surface area (Å²) in [5.41, 5.74) is 0.366. The molecule has 0 unspecified atom stereocenters. The number of carbonyl (C=O) groups is 2. The van der Waals surface area contributed by atoms with Crippen LogP contribution in [0, 0.1) is 3.57 Å². The molecule has 0 saturated heterocycles. The third-order valence-electron chi connectivity index (χ3n) is 2.24. The highest BCUT2D eigenvalue weighted by molar-refractivity contribution is 14.1. The molecule has 4 nitrogen and oxygen atoms in total. The number of nitrogens with zero attached hydrogens (tertiary/aromatic N) is 1. The van der Waals surface area contributed by atoms with E-state index in [0.717, 1.165) is 0 Å². The molecule has 1 rings (SSSR count). The first kappa shape index (κ1) is 16.5. The van der Waals surface area contributed by atoms with Crippen molar-refractivity contribution >= 4 is 57.7 Å². The summed E-state index contributed by atoms with van der Waals surface area (Å²) in [7, 11) is 1.52. The van der Waals surface area contributed by atoms with Crippen LogP contribution in [-0.2, 0) is 9.53 Å². The minimum atomic E-state index is -0.457. The number of esters is 1. The highest BCUT2D eigenvalue weighted by Gasteiger charge is 2.19. The monoisotopic (exact) mass is 415 g/mol. The van der Waals surface area contributed by atoms with Crippen LogP contribution in [0.1, 0.15) is 17.3 Å². The van der Waals surface area contributed by atoms with E-state index in [1.54, 1.807) is 13.0 Å². The van der Waals surface area contributed by atoms with Gasteiger partial charge in [0.15, 0.2) is 0 Å². The lowest BCUT2D eigenvalue weighted by atomic mass is 10.2. The average Bonchev–Trinajstić information content (AvgIpc) is 2.33. The molecule has 0 saturated carbocycles. The number of rotatable bonds is 4. The van der Waals surface area contributed by atoms with Crippen LogP contribution in [0.3, 0.4) is 0 Å². The van der Waals surface area contributed by atoms with Gasteiger partial charge in [-0.2, -0.15) is 0 Å². The van der Waals surface area contributed by atoms with Gasteiger partial charge < -0.3 is 9.64 Å². The van der Waals surface area contributed by atoms with E-state index in [1.165, 1.54) is 18.0 Å². The van der Waals surface area contributed by atoms with Crippen LogP contribution >= 0.6 is 45.8 Å². The molecule has 0 radical (unpaired) electrons. The standard InChI is InChI=1S/C12H12Cl2INO3/c1-3-19-10(17)6-16(2)12(18)8-4-7(13)5-9(14)11(8)15/h4-5H,3,6H2,1-2H3. The summed E-state index contributed by atoms with van der Waals surface area (Å²) in [5, 5.41) is 0.777. The van der Waals surface area contributed by atoms with Gasteiger partial charge in [0.25, 0.3) is 5.91 Å². The van der Waals surface area contributed by atoms with Crippen molar-refractivity contribution in [3.8, 4) is 0 Å². The fourth-order valence-corrected chi connectivity index (χ4v) is 2.42. The van der Waals surface area contributed by atoms with Crippen molar-refractivity contribution in [3.63, 3.8) is 0 Å². The Kier molecular flexibility index (Phi) is 6.35. The summed E-state index contributed by atoms with van der Waals surface area (Å²) >= 11 is 13.8. The van der Waals surface area contributed by atoms with Gasteiger partial charge in [0, 0.05) is 15.6 Å². The third-order valence-corrected chi connectivity index (χ3v) is 4.24. The Morgan fingerprint density at radius 1 is 1.37 bits per heavy atom. The van der Waals surface area contributed by atoms with Gasteiger partial charge in [-0.1, -0.05) is 23.2 Å². The Labute approximate surface area is 135 Å². The molecule has 1 aromatic carbocycles. The number of hydrogen-bond donors (Lipinski definition) is 0. The maximum absolute atomic E-state index is 12.2. The molecule has 104 valence electrons. The highest BCUT2D eigenvalue weighted by Crippen LogP contribution is 2.27. The van der Waals surface area contributed by atoms with Crippen LogP contribution in [0.15, 0.2) is 12.1 Å². The van der Waals surface area contributed by atoms with E-state index in [4.69, 9.17) is 27.9 Å². The van der Waals surface area contributed by atoms with Crippen LogP contribution in [-0.4, -0.2) is 37.0 Å². The van der Waals surface area contributed by atoms with Gasteiger partial charge >= 0.3 is 5.97 Å². The zero-order chi connectivity index (χ0) is 14.6. The first-order valence-electron chi connectivity index (χ1n) is 5.42. The Morgan fingerprint density at radius 3 is 2.58 bits per heavy atom. The molecule has 0 N–H and O–H groups in total. The second kappa shape index (κ2) is 7.31. The lowest BCUT2D eigenvalue weighted by Gasteiger charge is -2.17. The molecule has 0 atom stereocenters. The van der Waals surface area contributed by atoms with Gasteiger partial charge in [-0.3, -0.25) is 9.59 Å². The molecular formula is C12H12Cl2INO3. The lowest BCUT2D eigenvalue weighted by molar-refractivity contribution is -0.143. The molecule has 0 heterocycles. The Hall–Kier alpha value is -0.530. The van der Waals surface area contributed by atoms with E-state index in [1.807, 2.05) is 22.6 Å². The molecule has 19 heavy (non-hydrogen) atoms. The summed E-state index contributed by atoms with van der Waals surface area (Å²) < 4.78 is 5.39. The fraction of sp³-hybridized carbons (Fsp3) is 0.333. The van der Waals surface area contributed by atoms with Crippen LogP contribution in [0.25, 0.3) is 0 Å². The number of hydrogen-bond acceptors (Lipinski definition) is 3. The van der Waals surface area contributed by atoms with Crippen molar-refractivity contribution in [1.82, 2.24) is 4.90 Å². The summed E-state index contributed by atoms with van der Waals surface area (Å²) in [4.78, 5) is 24.8. The molecule has 1 aromatic rings. The normalized spacial score (nSPS) is 10.2. The minimum absolute atomic E-state index is 0.118. The van der Waals surface area contributed by atoms with Crippen LogP contribution in [0.4, 0.5) is 0 Å². The lowest BCUT2D eigenvalue weighted by Crippen LogP contribution is -2.33. The molecule has 0 aliphatic heterocycles. The molecule has 0 spiro atoms. The maximum atomic E-state index is 12.2. The largest absolute Gasteiger partial charge is 0.465 e. The van der Waals surface area contributed by atoms with Crippen molar-refractivity contribution in [1.29, 1.82) is 0 Å². The summed E-state index contributed by atoms with van der Waals surface area (Å²) in [5.74, 6) is -0.789. The number of likely N-dealkylation sites (N-methyl/N-ethyl adjacent to an activating group) is 1. The van der Waals surface area contributed by atoms with Crippen molar-refractivity contribution in [2.75, 3.05) is 20.2 Å². The van der Waals surface area contributed by atoms with Gasteiger partial charge in [-0.05, 0) is 41.6 Å². The second-order valence-electron chi connectivity index (χ2n) is 3.72. The molecule has 0 aliphatic rings. The first-order valence-corrected chi connectivity index (χ1v) is 7.26. The number of benzene rings is 1. The molecule has 1 amide bonds. The zero-order valence-electron chi connectivity index (χ0n) is 10.4. The van der Waals surface area contributed by atoms with E-state index in [9.17, 15) is 9.59 Å². The Bertz CT molecular complexity index is 508. The van der Waals surface area contributed by atoms with Crippen molar-refractivity contribution in [2.45, 2.75) is 6.92 Å². The quantitative estimate of drug-likeness (QED) is 0.431. The van der Waals surface area contributed by atoms with Gasteiger partial charge in [-0.15, -0.1) is 0 Å². The van der Waals surface area contributed by atoms with Gasteiger partial charge in [-0.25, -0.2) is 0 Å². The number of amides is 1. The molecule has 0 bridgehead atoms. The smallest absolute Gasteiger partial charge is 0.325 e. The average molecular weight is 416 g/mol. The maximum Gasteiger partial charge on any atom is 0.325 e. The number of ether oxygens (including phenoxy) is 1. The van der Waals surface area contributed by atoms with Gasteiger partial charge in [0.2, 0.25) is 0 Å². The van der Waals surface area contributed by atoms with E-state index in [2.05, 4.69) is 0 Å². The molecule has 0 aliphatic carbocycles. The SMILES string of the molecule is CCOC(=O)CN(C)C(=O)c1cc(Cl)cc(Cl)c1I.